The number of likely N-dealkylation sites (tertiary alicyclic amines) is 1. The second kappa shape index (κ2) is 6.74. The van der Waals surface area contributed by atoms with Crippen molar-refractivity contribution in [2.75, 3.05) is 13.1 Å². The fourth-order valence-corrected chi connectivity index (χ4v) is 3.33. The number of hydrogen-bond donors (Lipinski definition) is 1. The van der Waals surface area contributed by atoms with E-state index in [-0.39, 0.29) is 5.56 Å². The van der Waals surface area contributed by atoms with Gasteiger partial charge in [-0.1, -0.05) is 29.8 Å². The molecule has 5 nitrogen and oxygen atoms in total. The first-order valence-electron chi connectivity index (χ1n) is 8.81. The van der Waals surface area contributed by atoms with Crippen molar-refractivity contribution in [1.29, 1.82) is 0 Å². The van der Waals surface area contributed by atoms with Crippen LogP contribution in [0.5, 0.6) is 0 Å². The molecule has 140 valence electrons. The lowest BCUT2D eigenvalue weighted by molar-refractivity contribution is -0.0849. The van der Waals surface area contributed by atoms with Gasteiger partial charge < -0.3 is 4.90 Å². The third-order valence-corrected chi connectivity index (χ3v) is 4.97. The molecule has 0 saturated carbocycles. The topological polar surface area (TPSA) is 53.9 Å². The second-order valence-electron chi connectivity index (χ2n) is 6.89. The summed E-state index contributed by atoms with van der Waals surface area (Å²) in [6.07, 6.45) is 0.941. The van der Waals surface area contributed by atoms with Gasteiger partial charge in [0, 0.05) is 31.5 Å². The summed E-state index contributed by atoms with van der Waals surface area (Å²) in [7, 11) is 0. The van der Waals surface area contributed by atoms with Gasteiger partial charge in [-0.25, -0.2) is 24.1 Å². The van der Waals surface area contributed by atoms with Crippen molar-refractivity contribution in [2.24, 2.45) is 4.99 Å². The van der Waals surface area contributed by atoms with E-state index in [2.05, 4.69) is 10.5 Å². The average Bonchev–Trinajstić information content (AvgIpc) is 3.08. The van der Waals surface area contributed by atoms with E-state index in [1.54, 1.807) is 0 Å². The first-order valence-corrected chi connectivity index (χ1v) is 8.81. The molecule has 0 radical (unpaired) electrons. The van der Waals surface area contributed by atoms with Crippen molar-refractivity contribution in [3.05, 3.63) is 70.8 Å². The molecule has 1 fully saturated rings. The zero-order chi connectivity index (χ0) is 19.0. The van der Waals surface area contributed by atoms with Gasteiger partial charge in [0.2, 0.25) is 0 Å². The quantitative estimate of drug-likeness (QED) is 0.882. The summed E-state index contributed by atoms with van der Waals surface area (Å²) in [5, 5.41) is 0. The van der Waals surface area contributed by atoms with Crippen LogP contribution in [0.15, 0.2) is 47.5 Å². The fraction of sp³-hybridized carbons (Fsp3) is 0.300. The molecule has 0 aliphatic carbocycles. The van der Waals surface area contributed by atoms with Crippen LogP contribution in [0.1, 0.15) is 34.3 Å². The summed E-state index contributed by atoms with van der Waals surface area (Å²) < 4.78 is 27.2. The number of hydrogen-bond acceptors (Lipinski definition) is 4. The molecule has 2 heterocycles. The largest absolute Gasteiger partial charge is 0.338 e. The number of benzene rings is 2. The van der Waals surface area contributed by atoms with Crippen molar-refractivity contribution in [2.45, 2.75) is 25.5 Å². The molecule has 0 unspecified atom stereocenters. The molecule has 7 heteroatoms. The number of aryl methyl sites for hydroxylation is 1. The predicted octanol–water partition coefficient (Wildman–Crippen LogP) is 3.19. The summed E-state index contributed by atoms with van der Waals surface area (Å²) in [6, 6.07) is 10.8. The predicted molar refractivity (Wildman–Crippen MR) is 96.2 cm³/mol. The van der Waals surface area contributed by atoms with Crippen LogP contribution in [0.3, 0.4) is 0 Å². The Hall–Kier alpha value is -2.80. The molecule has 0 aromatic heterocycles. The van der Waals surface area contributed by atoms with Crippen molar-refractivity contribution in [1.82, 2.24) is 10.4 Å². The third kappa shape index (κ3) is 3.42. The summed E-state index contributed by atoms with van der Waals surface area (Å²) in [5.41, 5.74) is 3.98. The average molecular weight is 371 g/mol. The number of rotatable bonds is 2. The lowest BCUT2D eigenvalue weighted by Crippen LogP contribution is -2.46. The zero-order valence-electron chi connectivity index (χ0n) is 14.8. The van der Waals surface area contributed by atoms with E-state index in [4.69, 9.17) is 4.84 Å². The molecule has 27 heavy (non-hydrogen) atoms. The van der Waals surface area contributed by atoms with Crippen LogP contribution in [0.2, 0.25) is 0 Å². The maximum absolute atomic E-state index is 13.9. The van der Waals surface area contributed by atoms with Gasteiger partial charge in [0.15, 0.2) is 11.6 Å². The van der Waals surface area contributed by atoms with Gasteiger partial charge in [0.05, 0.1) is 5.56 Å². The summed E-state index contributed by atoms with van der Waals surface area (Å²) in [5.74, 6) is -1.22. The van der Waals surface area contributed by atoms with E-state index < -0.39 is 23.3 Å². The SMILES string of the molecule is Cc1ccc(C2=NC3(CCN(C(=O)c4cc(F)ccc4F)CC3)ON2)cc1. The van der Waals surface area contributed by atoms with Crippen LogP contribution in [0.4, 0.5) is 8.78 Å². The molecular weight excluding hydrogens is 352 g/mol. The number of nitrogens with one attached hydrogen (secondary N) is 1. The van der Waals surface area contributed by atoms with Crippen LogP contribution in [-0.2, 0) is 4.84 Å². The Labute approximate surface area is 155 Å². The van der Waals surface area contributed by atoms with Gasteiger partial charge in [-0.3, -0.25) is 4.79 Å². The van der Waals surface area contributed by atoms with E-state index in [0.29, 0.717) is 31.8 Å². The van der Waals surface area contributed by atoms with Crippen LogP contribution in [0.25, 0.3) is 0 Å². The van der Waals surface area contributed by atoms with E-state index >= 15 is 0 Å². The van der Waals surface area contributed by atoms with Gasteiger partial charge >= 0.3 is 0 Å². The first kappa shape index (κ1) is 17.6. The third-order valence-electron chi connectivity index (χ3n) is 4.97. The number of piperidine rings is 1. The first-order chi connectivity index (χ1) is 13.0. The summed E-state index contributed by atoms with van der Waals surface area (Å²) in [4.78, 5) is 24.4. The van der Waals surface area contributed by atoms with Crippen molar-refractivity contribution in [3.63, 3.8) is 0 Å². The van der Waals surface area contributed by atoms with Crippen LogP contribution < -0.4 is 5.48 Å². The van der Waals surface area contributed by atoms with Gasteiger partial charge in [-0.15, -0.1) is 0 Å². The molecule has 2 aliphatic rings. The molecule has 1 saturated heterocycles. The number of carbonyl (C=O) groups is 1. The Morgan fingerprint density at radius 3 is 2.56 bits per heavy atom. The normalized spacial score (nSPS) is 18.3. The molecule has 1 spiro atoms. The van der Waals surface area contributed by atoms with Crippen LogP contribution >= 0.6 is 0 Å². The Kier molecular flexibility index (Phi) is 4.39. The fourth-order valence-electron chi connectivity index (χ4n) is 3.33. The highest BCUT2D eigenvalue weighted by atomic mass is 19.1. The standard InChI is InChI=1S/C20H19F2N3O2/c1-13-2-4-14(5-3-13)18-23-20(27-24-18)8-10-25(11-9-20)19(26)16-12-15(21)6-7-17(16)22/h2-7,12H,8-11H2,1H3,(H,23,24). The number of amidine groups is 1. The highest BCUT2D eigenvalue weighted by Gasteiger charge is 2.41. The maximum Gasteiger partial charge on any atom is 0.256 e. The van der Waals surface area contributed by atoms with Crippen molar-refractivity contribution in [3.8, 4) is 0 Å². The summed E-state index contributed by atoms with van der Waals surface area (Å²) in [6.45, 7) is 2.71. The number of carbonyl (C=O) groups excluding carboxylic acids is 1. The number of aliphatic imine (C=N–C) groups is 1. The Bertz CT molecular complexity index is 904. The molecule has 2 aliphatic heterocycles. The molecular formula is C20H19F2N3O2. The Morgan fingerprint density at radius 1 is 1.15 bits per heavy atom. The minimum absolute atomic E-state index is 0.250. The lowest BCUT2D eigenvalue weighted by atomic mass is 10.00. The lowest BCUT2D eigenvalue weighted by Gasteiger charge is -2.35. The van der Waals surface area contributed by atoms with Crippen LogP contribution in [-0.4, -0.2) is 35.5 Å². The highest BCUT2D eigenvalue weighted by molar-refractivity contribution is 5.99. The molecule has 2 aromatic rings. The number of hydroxylamine groups is 1. The number of nitrogens with zero attached hydrogens (tertiary/aromatic N) is 2. The van der Waals surface area contributed by atoms with Gasteiger partial charge in [-0.2, -0.15) is 0 Å². The van der Waals surface area contributed by atoms with Gasteiger partial charge in [0.25, 0.3) is 5.91 Å². The van der Waals surface area contributed by atoms with E-state index in [0.717, 1.165) is 29.3 Å². The van der Waals surface area contributed by atoms with E-state index in [1.165, 1.54) is 4.90 Å². The monoisotopic (exact) mass is 371 g/mol. The van der Waals surface area contributed by atoms with Crippen molar-refractivity contribution >= 4 is 11.7 Å². The highest BCUT2D eigenvalue weighted by Crippen LogP contribution is 2.32. The Balaban J connectivity index is 1.46. The van der Waals surface area contributed by atoms with Gasteiger partial charge in [-0.05, 0) is 25.1 Å². The van der Waals surface area contributed by atoms with E-state index in [1.807, 2.05) is 31.2 Å². The number of amides is 1. The summed E-state index contributed by atoms with van der Waals surface area (Å²) >= 11 is 0. The maximum atomic E-state index is 13.9. The minimum atomic E-state index is -0.739. The Morgan fingerprint density at radius 2 is 1.85 bits per heavy atom. The second-order valence-corrected chi connectivity index (χ2v) is 6.89. The molecule has 1 amide bonds. The molecule has 0 atom stereocenters. The smallest absolute Gasteiger partial charge is 0.256 e. The van der Waals surface area contributed by atoms with Crippen molar-refractivity contribution < 1.29 is 18.4 Å². The van der Waals surface area contributed by atoms with E-state index in [9.17, 15) is 13.6 Å². The molecule has 0 bridgehead atoms. The number of halogens is 2. The minimum Gasteiger partial charge on any atom is -0.338 e. The molecule has 1 N–H and O–H groups in total. The van der Waals surface area contributed by atoms with Gasteiger partial charge in [0.1, 0.15) is 11.6 Å². The zero-order valence-corrected chi connectivity index (χ0v) is 14.8. The van der Waals surface area contributed by atoms with Crippen LogP contribution in [0, 0.1) is 18.6 Å². The molecule has 4 rings (SSSR count). The molecule has 2 aromatic carbocycles.